The highest BCUT2D eigenvalue weighted by molar-refractivity contribution is 5.84. The van der Waals surface area contributed by atoms with Crippen LogP contribution in [0.4, 0.5) is 10.5 Å². The van der Waals surface area contributed by atoms with Gasteiger partial charge >= 0.3 is 6.09 Å². The second-order valence-electron chi connectivity index (χ2n) is 7.23. The molecule has 0 unspecified atom stereocenters. The predicted molar refractivity (Wildman–Crippen MR) is 103 cm³/mol. The summed E-state index contributed by atoms with van der Waals surface area (Å²) in [6.45, 7) is 2.16. The first-order valence-electron chi connectivity index (χ1n) is 9.47. The van der Waals surface area contributed by atoms with Crippen molar-refractivity contribution in [2.24, 2.45) is 5.92 Å². The molecule has 3 fully saturated rings. The second-order valence-corrected chi connectivity index (χ2v) is 7.23. The summed E-state index contributed by atoms with van der Waals surface area (Å²) in [7, 11) is 1.62. The van der Waals surface area contributed by atoms with E-state index in [9.17, 15) is 4.79 Å². The van der Waals surface area contributed by atoms with E-state index in [0.29, 0.717) is 11.6 Å². The molecule has 1 amide bonds. The third-order valence-corrected chi connectivity index (χ3v) is 5.63. The smallest absolute Gasteiger partial charge is 0.411 e. The van der Waals surface area contributed by atoms with Crippen molar-refractivity contribution in [3.63, 3.8) is 0 Å². The Kier molecular flexibility index (Phi) is 5.25. The van der Waals surface area contributed by atoms with Crippen LogP contribution in [0, 0.1) is 5.92 Å². The molecule has 6 nitrogen and oxygen atoms in total. The Morgan fingerprint density at radius 2 is 2.00 bits per heavy atom. The van der Waals surface area contributed by atoms with Crippen LogP contribution in [0.2, 0.25) is 0 Å². The SMILES string of the molecule is COc1ccc(NC(=O)O[C@@H]2C3CCN(CC3)[C@@H]2Cc2cccnc2)cc1. The fourth-order valence-corrected chi connectivity index (χ4v) is 4.23. The van der Waals surface area contributed by atoms with Crippen LogP contribution in [0.15, 0.2) is 48.8 Å². The first kappa shape index (κ1) is 17.8. The molecule has 1 N–H and O–H groups in total. The Bertz CT molecular complexity index is 758. The van der Waals surface area contributed by atoms with E-state index in [0.717, 1.165) is 38.1 Å². The molecule has 0 aliphatic carbocycles. The summed E-state index contributed by atoms with van der Waals surface area (Å²) in [6, 6.07) is 11.5. The molecule has 0 saturated carbocycles. The topological polar surface area (TPSA) is 63.7 Å². The average molecular weight is 367 g/mol. The van der Waals surface area contributed by atoms with E-state index >= 15 is 0 Å². The zero-order valence-electron chi connectivity index (χ0n) is 15.5. The van der Waals surface area contributed by atoms with E-state index in [-0.39, 0.29) is 12.1 Å². The Labute approximate surface area is 159 Å². The Balaban J connectivity index is 1.43. The number of amides is 1. The summed E-state index contributed by atoms with van der Waals surface area (Å²) in [4.78, 5) is 19.2. The van der Waals surface area contributed by atoms with Crippen molar-refractivity contribution in [1.82, 2.24) is 9.88 Å². The number of carbonyl (C=O) groups excluding carboxylic acids is 1. The van der Waals surface area contributed by atoms with Crippen molar-refractivity contribution < 1.29 is 14.3 Å². The lowest BCUT2D eigenvalue weighted by Gasteiger charge is -2.50. The average Bonchev–Trinajstić information content (AvgIpc) is 2.72. The quantitative estimate of drug-likeness (QED) is 0.878. The Hall–Kier alpha value is -2.60. The summed E-state index contributed by atoms with van der Waals surface area (Å²) >= 11 is 0. The highest BCUT2D eigenvalue weighted by Crippen LogP contribution is 2.36. The Morgan fingerprint density at radius 1 is 1.22 bits per heavy atom. The number of nitrogens with zero attached hydrogens (tertiary/aromatic N) is 2. The number of pyridine rings is 1. The van der Waals surface area contributed by atoms with Crippen molar-refractivity contribution in [3.05, 3.63) is 54.4 Å². The molecule has 0 spiro atoms. The third kappa shape index (κ3) is 4.06. The number of methoxy groups -OCH3 is 1. The molecule has 1 aromatic carbocycles. The molecule has 4 heterocycles. The number of anilines is 1. The molecule has 2 bridgehead atoms. The van der Waals surface area contributed by atoms with Gasteiger partial charge in [0, 0.05) is 24.0 Å². The number of piperidine rings is 3. The summed E-state index contributed by atoms with van der Waals surface area (Å²) in [5.41, 5.74) is 1.88. The number of carbonyl (C=O) groups is 1. The lowest BCUT2D eigenvalue weighted by atomic mass is 9.78. The van der Waals surface area contributed by atoms with E-state index in [2.05, 4.69) is 21.3 Å². The Morgan fingerprint density at radius 3 is 2.67 bits per heavy atom. The zero-order chi connectivity index (χ0) is 18.6. The fourth-order valence-electron chi connectivity index (χ4n) is 4.23. The van der Waals surface area contributed by atoms with Gasteiger partial charge in [-0.25, -0.2) is 4.79 Å². The molecule has 0 radical (unpaired) electrons. The minimum atomic E-state index is -0.393. The van der Waals surface area contributed by atoms with Gasteiger partial charge in [0.15, 0.2) is 0 Å². The molecule has 3 aliphatic heterocycles. The third-order valence-electron chi connectivity index (χ3n) is 5.63. The van der Waals surface area contributed by atoms with Crippen LogP contribution in [0.5, 0.6) is 5.75 Å². The van der Waals surface area contributed by atoms with Crippen LogP contribution in [0.1, 0.15) is 18.4 Å². The summed E-state index contributed by atoms with van der Waals surface area (Å²) in [6.07, 6.45) is 6.23. The fraction of sp³-hybridized carbons (Fsp3) is 0.429. The molecule has 1 aromatic heterocycles. The van der Waals surface area contributed by atoms with Crippen LogP contribution in [-0.4, -0.2) is 48.3 Å². The molecular weight excluding hydrogens is 342 g/mol. The van der Waals surface area contributed by atoms with E-state index in [4.69, 9.17) is 9.47 Å². The summed E-state index contributed by atoms with van der Waals surface area (Å²) in [5.74, 6) is 1.18. The van der Waals surface area contributed by atoms with Gasteiger partial charge < -0.3 is 9.47 Å². The number of nitrogens with one attached hydrogen (secondary N) is 1. The number of rotatable bonds is 5. The van der Waals surface area contributed by atoms with Gasteiger partial charge in [-0.05, 0) is 68.2 Å². The molecule has 2 aromatic rings. The van der Waals surface area contributed by atoms with Gasteiger partial charge in [0.25, 0.3) is 0 Å². The van der Waals surface area contributed by atoms with Gasteiger partial charge in [0.1, 0.15) is 11.9 Å². The molecule has 27 heavy (non-hydrogen) atoms. The minimum Gasteiger partial charge on any atom is -0.497 e. The van der Waals surface area contributed by atoms with E-state index in [1.54, 1.807) is 13.3 Å². The van der Waals surface area contributed by atoms with Crippen molar-refractivity contribution in [1.29, 1.82) is 0 Å². The van der Waals surface area contributed by atoms with Crippen molar-refractivity contribution in [3.8, 4) is 5.75 Å². The second kappa shape index (κ2) is 7.96. The van der Waals surface area contributed by atoms with Gasteiger partial charge in [0.05, 0.1) is 13.2 Å². The molecule has 2 atom stereocenters. The van der Waals surface area contributed by atoms with Crippen LogP contribution >= 0.6 is 0 Å². The largest absolute Gasteiger partial charge is 0.497 e. The number of hydrogen-bond donors (Lipinski definition) is 1. The number of fused-ring (bicyclic) bond motifs is 3. The van der Waals surface area contributed by atoms with Gasteiger partial charge in [-0.1, -0.05) is 6.07 Å². The number of ether oxygens (including phenoxy) is 2. The maximum absolute atomic E-state index is 12.5. The first-order chi connectivity index (χ1) is 13.2. The molecule has 3 aliphatic rings. The lowest BCUT2D eigenvalue weighted by Crippen LogP contribution is -2.60. The lowest BCUT2D eigenvalue weighted by molar-refractivity contribution is -0.0741. The monoisotopic (exact) mass is 367 g/mol. The molecule has 142 valence electrons. The van der Waals surface area contributed by atoms with Crippen molar-refractivity contribution >= 4 is 11.8 Å². The van der Waals surface area contributed by atoms with Crippen LogP contribution in [-0.2, 0) is 11.2 Å². The van der Waals surface area contributed by atoms with Crippen molar-refractivity contribution in [2.45, 2.75) is 31.4 Å². The highest BCUT2D eigenvalue weighted by atomic mass is 16.6. The maximum Gasteiger partial charge on any atom is 0.411 e. The van der Waals surface area contributed by atoms with Crippen LogP contribution < -0.4 is 10.1 Å². The molecular formula is C21H25N3O3. The normalized spacial score (nSPS) is 26.4. The maximum atomic E-state index is 12.5. The number of benzene rings is 1. The first-order valence-corrected chi connectivity index (χ1v) is 9.47. The highest BCUT2D eigenvalue weighted by Gasteiger charge is 2.44. The van der Waals surface area contributed by atoms with Crippen LogP contribution in [0.25, 0.3) is 0 Å². The van der Waals surface area contributed by atoms with Crippen LogP contribution in [0.3, 0.4) is 0 Å². The summed E-state index contributed by atoms with van der Waals surface area (Å²) in [5, 5.41) is 2.84. The predicted octanol–water partition coefficient (Wildman–Crippen LogP) is 3.34. The molecule has 3 saturated heterocycles. The van der Waals surface area contributed by atoms with E-state index < -0.39 is 6.09 Å². The van der Waals surface area contributed by atoms with Gasteiger partial charge in [0.2, 0.25) is 0 Å². The van der Waals surface area contributed by atoms with Gasteiger partial charge in [-0.15, -0.1) is 0 Å². The van der Waals surface area contributed by atoms with Crippen molar-refractivity contribution in [2.75, 3.05) is 25.5 Å². The summed E-state index contributed by atoms with van der Waals surface area (Å²) < 4.78 is 11.1. The van der Waals surface area contributed by atoms with E-state index in [1.165, 1.54) is 5.56 Å². The molecule has 5 rings (SSSR count). The standard InChI is InChI=1S/C21H25N3O3/c1-26-18-6-4-17(5-7-18)23-21(25)27-20-16-8-11-24(12-9-16)19(20)13-15-3-2-10-22-14-15/h2-7,10,14,16,19-20H,8-9,11-13H2,1H3,(H,23,25)/t19-,20-/m1/s1. The van der Waals surface area contributed by atoms with Gasteiger partial charge in [-0.2, -0.15) is 0 Å². The van der Waals surface area contributed by atoms with Gasteiger partial charge in [-0.3, -0.25) is 15.2 Å². The number of hydrogen-bond acceptors (Lipinski definition) is 5. The minimum absolute atomic E-state index is 0.0917. The zero-order valence-corrected chi connectivity index (χ0v) is 15.5. The molecule has 6 heteroatoms. The van der Waals surface area contributed by atoms with E-state index in [1.807, 2.05) is 36.5 Å². The number of aromatic nitrogens is 1.